The second-order valence-electron chi connectivity index (χ2n) is 6.79. The van der Waals surface area contributed by atoms with Gasteiger partial charge in [-0.05, 0) is 43.7 Å². The monoisotopic (exact) mass is 356 g/mol. The van der Waals surface area contributed by atoms with Gasteiger partial charge in [0.05, 0.1) is 25.3 Å². The molecule has 1 fully saturated rings. The summed E-state index contributed by atoms with van der Waals surface area (Å²) in [5.41, 5.74) is 1.76. The van der Waals surface area contributed by atoms with Crippen LogP contribution < -0.4 is 9.64 Å². The van der Waals surface area contributed by atoms with Crippen LogP contribution in [0.25, 0.3) is 0 Å². The topological polar surface area (TPSA) is 63.0 Å². The van der Waals surface area contributed by atoms with Gasteiger partial charge in [-0.15, -0.1) is 0 Å². The molecule has 138 valence electrons. The first kappa shape index (κ1) is 18.0. The number of benzene rings is 1. The molecule has 1 aromatic carbocycles. The summed E-state index contributed by atoms with van der Waals surface area (Å²) in [6.07, 6.45) is 0.206. The van der Waals surface area contributed by atoms with Crippen LogP contribution in [-0.2, 0) is 16.1 Å². The van der Waals surface area contributed by atoms with E-state index in [1.807, 2.05) is 44.2 Å². The molecule has 1 saturated heterocycles. The van der Waals surface area contributed by atoms with Crippen molar-refractivity contribution in [2.24, 2.45) is 5.92 Å². The lowest BCUT2D eigenvalue weighted by Crippen LogP contribution is -2.34. The summed E-state index contributed by atoms with van der Waals surface area (Å²) >= 11 is 0. The Hall–Kier alpha value is -2.76. The summed E-state index contributed by atoms with van der Waals surface area (Å²) in [6, 6.07) is 9.43. The molecule has 0 aliphatic carbocycles. The number of methoxy groups -OCH3 is 1. The van der Waals surface area contributed by atoms with Crippen molar-refractivity contribution in [2.75, 3.05) is 25.6 Å². The average molecular weight is 356 g/mol. The lowest BCUT2D eigenvalue weighted by atomic mass is 10.1. The van der Waals surface area contributed by atoms with Crippen LogP contribution in [0.5, 0.6) is 5.75 Å². The van der Waals surface area contributed by atoms with E-state index in [1.165, 1.54) is 0 Å². The molecule has 3 rings (SSSR count). The number of hydrogen-bond donors (Lipinski definition) is 0. The van der Waals surface area contributed by atoms with E-state index in [4.69, 9.17) is 9.15 Å². The van der Waals surface area contributed by atoms with Gasteiger partial charge in [0.1, 0.15) is 17.3 Å². The van der Waals surface area contributed by atoms with Crippen molar-refractivity contribution in [3.8, 4) is 5.75 Å². The summed E-state index contributed by atoms with van der Waals surface area (Å²) in [5, 5.41) is 0. The Balaban J connectivity index is 1.73. The molecular formula is C20H24N2O4. The normalized spacial score (nSPS) is 16.8. The van der Waals surface area contributed by atoms with Crippen LogP contribution >= 0.6 is 0 Å². The van der Waals surface area contributed by atoms with Gasteiger partial charge in [0.15, 0.2) is 0 Å². The highest BCUT2D eigenvalue weighted by atomic mass is 16.5. The average Bonchev–Trinajstić information content (AvgIpc) is 3.19. The van der Waals surface area contributed by atoms with Crippen LogP contribution in [0.4, 0.5) is 5.69 Å². The van der Waals surface area contributed by atoms with Gasteiger partial charge in [-0.1, -0.05) is 6.07 Å². The molecule has 2 heterocycles. The predicted molar refractivity (Wildman–Crippen MR) is 98.1 cm³/mol. The van der Waals surface area contributed by atoms with E-state index >= 15 is 0 Å². The van der Waals surface area contributed by atoms with Gasteiger partial charge in [0.2, 0.25) is 11.8 Å². The fourth-order valence-electron chi connectivity index (χ4n) is 3.31. The molecule has 26 heavy (non-hydrogen) atoms. The van der Waals surface area contributed by atoms with Gasteiger partial charge in [-0.2, -0.15) is 0 Å². The number of amides is 2. The molecule has 0 N–H and O–H groups in total. The van der Waals surface area contributed by atoms with E-state index in [0.717, 1.165) is 22.8 Å². The number of hydrogen-bond acceptors (Lipinski definition) is 4. The van der Waals surface area contributed by atoms with Gasteiger partial charge in [-0.3, -0.25) is 9.59 Å². The van der Waals surface area contributed by atoms with Gasteiger partial charge in [-0.25, -0.2) is 0 Å². The second kappa shape index (κ2) is 7.23. The molecule has 1 atom stereocenters. The summed E-state index contributed by atoms with van der Waals surface area (Å²) in [4.78, 5) is 28.6. The fraction of sp³-hybridized carbons (Fsp3) is 0.400. The lowest BCUT2D eigenvalue weighted by Gasteiger charge is -2.22. The van der Waals surface area contributed by atoms with Gasteiger partial charge < -0.3 is 19.0 Å². The van der Waals surface area contributed by atoms with E-state index < -0.39 is 0 Å². The molecule has 1 aromatic heterocycles. The molecule has 1 aliphatic rings. The van der Waals surface area contributed by atoms with Gasteiger partial charge in [0, 0.05) is 20.0 Å². The van der Waals surface area contributed by atoms with Crippen molar-refractivity contribution >= 4 is 17.5 Å². The largest absolute Gasteiger partial charge is 0.495 e. The standard InChI is InChI=1S/C20H24N2O4/c1-13-5-8-18(25-4)17(9-13)22-11-15(10-19(22)23)20(24)21(3)12-16-7-6-14(2)26-16/h5-9,15H,10-12H2,1-4H3. The molecule has 0 saturated carbocycles. The quantitative estimate of drug-likeness (QED) is 0.826. The summed E-state index contributed by atoms with van der Waals surface area (Å²) < 4.78 is 10.9. The molecule has 2 aromatic rings. The Morgan fingerprint density at radius 1 is 1.31 bits per heavy atom. The van der Waals surface area contributed by atoms with E-state index in [9.17, 15) is 9.59 Å². The zero-order valence-corrected chi connectivity index (χ0v) is 15.6. The molecule has 1 aliphatic heterocycles. The van der Waals surface area contributed by atoms with Crippen LogP contribution in [0.15, 0.2) is 34.7 Å². The minimum Gasteiger partial charge on any atom is -0.495 e. The number of rotatable bonds is 5. The molecular weight excluding hydrogens is 332 g/mol. The summed E-state index contributed by atoms with van der Waals surface area (Å²) in [7, 11) is 3.32. The van der Waals surface area contributed by atoms with Gasteiger partial charge in [0.25, 0.3) is 0 Å². The van der Waals surface area contributed by atoms with E-state index in [2.05, 4.69) is 0 Å². The number of furan rings is 1. The smallest absolute Gasteiger partial charge is 0.228 e. The maximum absolute atomic E-state index is 12.8. The Morgan fingerprint density at radius 2 is 2.08 bits per heavy atom. The number of nitrogens with zero attached hydrogens (tertiary/aromatic N) is 2. The first-order valence-electron chi connectivity index (χ1n) is 8.64. The van der Waals surface area contributed by atoms with Crippen molar-refractivity contribution in [1.29, 1.82) is 0 Å². The van der Waals surface area contributed by atoms with E-state index in [0.29, 0.717) is 18.8 Å². The minimum absolute atomic E-state index is 0.0541. The zero-order valence-electron chi connectivity index (χ0n) is 15.6. The lowest BCUT2D eigenvalue weighted by molar-refractivity contribution is -0.135. The van der Waals surface area contributed by atoms with Crippen molar-refractivity contribution in [1.82, 2.24) is 4.90 Å². The molecule has 2 amide bonds. The maximum atomic E-state index is 12.8. The van der Waals surface area contributed by atoms with Crippen molar-refractivity contribution < 1.29 is 18.7 Å². The van der Waals surface area contributed by atoms with Gasteiger partial charge >= 0.3 is 0 Å². The third-order valence-corrected chi connectivity index (χ3v) is 4.66. The molecule has 0 spiro atoms. The molecule has 0 radical (unpaired) electrons. The Bertz CT molecular complexity index is 827. The van der Waals surface area contributed by atoms with Crippen LogP contribution in [0.1, 0.15) is 23.5 Å². The van der Waals surface area contributed by atoms with Crippen LogP contribution in [0.2, 0.25) is 0 Å². The van der Waals surface area contributed by atoms with Crippen LogP contribution in [0, 0.1) is 19.8 Å². The van der Waals surface area contributed by atoms with E-state index in [-0.39, 0.29) is 24.2 Å². The third kappa shape index (κ3) is 3.59. The van der Waals surface area contributed by atoms with Crippen molar-refractivity contribution in [3.05, 3.63) is 47.4 Å². The first-order chi connectivity index (χ1) is 12.4. The molecule has 6 heteroatoms. The molecule has 6 nitrogen and oxygen atoms in total. The molecule has 0 bridgehead atoms. The first-order valence-corrected chi connectivity index (χ1v) is 8.64. The van der Waals surface area contributed by atoms with Crippen LogP contribution in [-0.4, -0.2) is 37.4 Å². The SMILES string of the molecule is COc1ccc(C)cc1N1CC(C(=O)N(C)Cc2ccc(C)o2)CC1=O. The Labute approximate surface area is 153 Å². The maximum Gasteiger partial charge on any atom is 0.228 e. The number of ether oxygens (including phenoxy) is 1. The Morgan fingerprint density at radius 3 is 2.73 bits per heavy atom. The van der Waals surface area contributed by atoms with Crippen LogP contribution in [0.3, 0.4) is 0 Å². The second-order valence-corrected chi connectivity index (χ2v) is 6.79. The highest BCUT2D eigenvalue weighted by Crippen LogP contribution is 2.34. The summed E-state index contributed by atoms with van der Waals surface area (Å²) in [6.45, 7) is 4.59. The Kier molecular flexibility index (Phi) is 5.02. The number of aryl methyl sites for hydroxylation is 2. The molecule has 1 unspecified atom stereocenters. The fourth-order valence-corrected chi connectivity index (χ4v) is 3.31. The number of anilines is 1. The number of carbonyl (C=O) groups excluding carboxylic acids is 2. The highest BCUT2D eigenvalue weighted by Gasteiger charge is 2.37. The zero-order chi connectivity index (χ0) is 18.8. The minimum atomic E-state index is -0.367. The number of carbonyl (C=O) groups is 2. The summed E-state index contributed by atoms with van der Waals surface area (Å²) in [5.74, 6) is 1.70. The predicted octanol–water partition coefficient (Wildman–Crippen LogP) is 2.92. The third-order valence-electron chi connectivity index (χ3n) is 4.66. The van der Waals surface area contributed by atoms with Crippen molar-refractivity contribution in [3.63, 3.8) is 0 Å². The van der Waals surface area contributed by atoms with E-state index in [1.54, 1.807) is 24.0 Å². The highest BCUT2D eigenvalue weighted by molar-refractivity contribution is 6.01. The van der Waals surface area contributed by atoms with Crippen molar-refractivity contribution in [2.45, 2.75) is 26.8 Å².